The van der Waals surface area contributed by atoms with E-state index >= 15 is 0 Å². The van der Waals surface area contributed by atoms with Crippen LogP contribution in [0, 0.1) is 10.1 Å². The first-order valence-corrected chi connectivity index (χ1v) is 8.45. The van der Waals surface area contributed by atoms with Crippen molar-refractivity contribution in [3.05, 3.63) is 63.2 Å². The molecule has 23 heavy (non-hydrogen) atoms. The van der Waals surface area contributed by atoms with Crippen molar-refractivity contribution in [2.75, 3.05) is 5.32 Å². The maximum atomic E-state index is 11.7. The summed E-state index contributed by atoms with van der Waals surface area (Å²) in [5.41, 5.74) is 0.573. The van der Waals surface area contributed by atoms with E-state index in [1.807, 2.05) is 0 Å². The minimum atomic E-state index is -4.13. The number of rotatable bonds is 5. The van der Waals surface area contributed by atoms with Crippen molar-refractivity contribution in [2.45, 2.75) is 17.9 Å². The van der Waals surface area contributed by atoms with E-state index in [0.29, 0.717) is 5.02 Å². The molecule has 0 aliphatic heterocycles. The molecule has 0 aromatic heterocycles. The third kappa shape index (κ3) is 3.98. The van der Waals surface area contributed by atoms with E-state index in [-0.39, 0.29) is 22.3 Å². The highest BCUT2D eigenvalue weighted by Crippen LogP contribution is 2.30. The first kappa shape index (κ1) is 17.2. The lowest BCUT2D eigenvalue weighted by atomic mass is 10.1. The van der Waals surface area contributed by atoms with E-state index in [9.17, 15) is 18.5 Å². The van der Waals surface area contributed by atoms with Crippen molar-refractivity contribution in [1.82, 2.24) is 0 Å². The number of primary sulfonamides is 1. The summed E-state index contributed by atoms with van der Waals surface area (Å²) in [6.45, 7) is 1.79. The molecule has 0 spiro atoms. The molecule has 7 nitrogen and oxygen atoms in total. The van der Waals surface area contributed by atoms with Crippen molar-refractivity contribution in [3.8, 4) is 0 Å². The van der Waals surface area contributed by atoms with Gasteiger partial charge in [-0.05, 0) is 24.6 Å². The predicted octanol–water partition coefficient (Wildman–Crippen LogP) is 3.07. The van der Waals surface area contributed by atoms with Crippen LogP contribution in [0.25, 0.3) is 0 Å². The molecule has 1 atom stereocenters. The predicted molar refractivity (Wildman–Crippen MR) is 88.0 cm³/mol. The summed E-state index contributed by atoms with van der Waals surface area (Å²) in [5, 5.41) is 19.5. The lowest BCUT2D eigenvalue weighted by Gasteiger charge is -2.18. The quantitative estimate of drug-likeness (QED) is 0.631. The third-order valence-electron chi connectivity index (χ3n) is 3.23. The number of nitrogens with two attached hydrogens (primary N) is 1. The Hall–Kier alpha value is -2.16. The SMILES string of the molecule is CC(Nc1ccc([N+](=O)[O-])cc1S(N)(=O)=O)c1ccccc1Cl. The molecule has 0 fully saturated rings. The van der Waals surface area contributed by atoms with Gasteiger partial charge in [-0.3, -0.25) is 10.1 Å². The third-order valence-corrected chi connectivity index (χ3v) is 4.52. The van der Waals surface area contributed by atoms with Crippen molar-refractivity contribution < 1.29 is 13.3 Å². The first-order chi connectivity index (χ1) is 10.7. The molecule has 0 aliphatic rings. The maximum Gasteiger partial charge on any atom is 0.270 e. The van der Waals surface area contributed by atoms with Crippen LogP contribution >= 0.6 is 11.6 Å². The Morgan fingerprint density at radius 1 is 1.26 bits per heavy atom. The average molecular weight is 356 g/mol. The topological polar surface area (TPSA) is 115 Å². The van der Waals surface area contributed by atoms with Gasteiger partial charge in [0.15, 0.2) is 0 Å². The van der Waals surface area contributed by atoms with Crippen LogP contribution in [-0.4, -0.2) is 13.3 Å². The van der Waals surface area contributed by atoms with Gasteiger partial charge in [-0.1, -0.05) is 29.8 Å². The van der Waals surface area contributed by atoms with Crippen LogP contribution in [0.5, 0.6) is 0 Å². The molecule has 0 saturated heterocycles. The van der Waals surface area contributed by atoms with E-state index in [0.717, 1.165) is 11.6 Å². The zero-order valence-corrected chi connectivity index (χ0v) is 13.6. The van der Waals surface area contributed by atoms with E-state index in [1.54, 1.807) is 31.2 Å². The number of nitro groups is 1. The highest BCUT2D eigenvalue weighted by atomic mass is 35.5. The summed E-state index contributed by atoms with van der Waals surface area (Å²) in [7, 11) is -4.13. The summed E-state index contributed by atoms with van der Waals surface area (Å²) in [6, 6.07) is 10.2. The number of nitrogens with one attached hydrogen (secondary N) is 1. The summed E-state index contributed by atoms with van der Waals surface area (Å²) >= 11 is 6.11. The largest absolute Gasteiger partial charge is 0.377 e. The molecule has 0 bridgehead atoms. The zero-order chi connectivity index (χ0) is 17.2. The van der Waals surface area contributed by atoms with Crippen LogP contribution < -0.4 is 10.5 Å². The van der Waals surface area contributed by atoms with Crippen LogP contribution in [0.1, 0.15) is 18.5 Å². The molecule has 122 valence electrons. The summed E-state index contributed by atoms with van der Waals surface area (Å²) < 4.78 is 23.4. The van der Waals surface area contributed by atoms with Gasteiger partial charge in [0.2, 0.25) is 10.0 Å². The molecule has 1 unspecified atom stereocenters. The van der Waals surface area contributed by atoms with Crippen molar-refractivity contribution in [3.63, 3.8) is 0 Å². The summed E-state index contributed by atoms with van der Waals surface area (Å²) in [5.74, 6) is 0. The van der Waals surface area contributed by atoms with Gasteiger partial charge in [0, 0.05) is 17.2 Å². The van der Waals surface area contributed by atoms with E-state index < -0.39 is 14.9 Å². The van der Waals surface area contributed by atoms with E-state index in [4.69, 9.17) is 16.7 Å². The molecule has 2 aromatic rings. The molecule has 0 heterocycles. The van der Waals surface area contributed by atoms with E-state index in [2.05, 4.69) is 5.32 Å². The second kappa shape index (κ2) is 6.53. The number of halogens is 1. The fourth-order valence-electron chi connectivity index (χ4n) is 2.12. The zero-order valence-electron chi connectivity index (χ0n) is 12.1. The molecule has 3 N–H and O–H groups in total. The van der Waals surface area contributed by atoms with Gasteiger partial charge in [-0.2, -0.15) is 0 Å². The number of nitrogens with zero attached hydrogens (tertiary/aromatic N) is 1. The molecule has 2 rings (SSSR count). The van der Waals surface area contributed by atoms with Crippen LogP contribution in [0.15, 0.2) is 47.4 Å². The monoisotopic (exact) mass is 355 g/mol. The Labute approximate surface area is 138 Å². The highest BCUT2D eigenvalue weighted by molar-refractivity contribution is 7.89. The molecule has 9 heteroatoms. The number of non-ortho nitro benzene ring substituents is 1. The smallest absolute Gasteiger partial charge is 0.270 e. The van der Waals surface area contributed by atoms with Crippen LogP contribution in [0.3, 0.4) is 0 Å². The van der Waals surface area contributed by atoms with Crippen LogP contribution in [-0.2, 0) is 10.0 Å². The van der Waals surface area contributed by atoms with Gasteiger partial charge in [-0.15, -0.1) is 0 Å². The second-order valence-corrected chi connectivity index (χ2v) is 6.81. The Balaban J connectivity index is 2.44. The maximum absolute atomic E-state index is 11.7. The standard InChI is InChI=1S/C14H14ClN3O4S/c1-9(11-4-2-3-5-12(11)15)17-13-7-6-10(18(19)20)8-14(13)23(16,21)22/h2-9,17H,1H3,(H2,16,21,22). The van der Waals surface area contributed by atoms with Gasteiger partial charge >= 0.3 is 0 Å². The van der Waals surface area contributed by atoms with Gasteiger partial charge < -0.3 is 5.32 Å². The number of benzene rings is 2. The molecular formula is C14H14ClN3O4S. The fourth-order valence-corrected chi connectivity index (χ4v) is 3.13. The molecule has 0 amide bonds. The molecule has 2 aromatic carbocycles. The van der Waals surface area contributed by atoms with Gasteiger partial charge in [0.05, 0.1) is 16.7 Å². The minimum Gasteiger partial charge on any atom is -0.377 e. The van der Waals surface area contributed by atoms with Crippen molar-refractivity contribution in [2.24, 2.45) is 5.14 Å². The van der Waals surface area contributed by atoms with Crippen LogP contribution in [0.4, 0.5) is 11.4 Å². The molecule has 0 aliphatic carbocycles. The Morgan fingerprint density at radius 3 is 2.48 bits per heavy atom. The van der Waals surface area contributed by atoms with Gasteiger partial charge in [0.1, 0.15) is 4.90 Å². The number of hydrogen-bond acceptors (Lipinski definition) is 5. The molecule has 0 radical (unpaired) electrons. The Kier molecular flexibility index (Phi) is 4.88. The average Bonchev–Trinajstić information content (AvgIpc) is 2.46. The lowest BCUT2D eigenvalue weighted by molar-refractivity contribution is -0.385. The van der Waals surface area contributed by atoms with Crippen molar-refractivity contribution >= 4 is 33.0 Å². The van der Waals surface area contributed by atoms with Crippen molar-refractivity contribution in [1.29, 1.82) is 0 Å². The Bertz CT molecular complexity index is 855. The normalized spacial score (nSPS) is 12.7. The Morgan fingerprint density at radius 2 is 1.91 bits per heavy atom. The number of nitro benzene ring substituents is 1. The van der Waals surface area contributed by atoms with E-state index in [1.165, 1.54) is 12.1 Å². The molecular weight excluding hydrogens is 342 g/mol. The molecule has 0 saturated carbocycles. The number of anilines is 1. The van der Waals surface area contributed by atoms with Gasteiger partial charge in [0.25, 0.3) is 5.69 Å². The lowest BCUT2D eigenvalue weighted by Crippen LogP contribution is -2.17. The second-order valence-electron chi connectivity index (χ2n) is 4.87. The number of hydrogen-bond donors (Lipinski definition) is 2. The van der Waals surface area contributed by atoms with Gasteiger partial charge in [-0.25, -0.2) is 13.6 Å². The minimum absolute atomic E-state index is 0.172. The summed E-state index contributed by atoms with van der Waals surface area (Å²) in [6.07, 6.45) is 0. The summed E-state index contributed by atoms with van der Waals surface area (Å²) in [4.78, 5) is 9.79. The first-order valence-electron chi connectivity index (χ1n) is 6.52. The van der Waals surface area contributed by atoms with Crippen LogP contribution in [0.2, 0.25) is 5.02 Å². The highest BCUT2D eigenvalue weighted by Gasteiger charge is 2.20. The fraction of sp³-hybridized carbons (Fsp3) is 0.143. The number of sulfonamides is 1.